The average molecular weight is 257 g/mol. The minimum Gasteiger partial charge on any atom is -0.480 e. The van der Waals surface area contributed by atoms with Gasteiger partial charge in [0.05, 0.1) is 0 Å². The number of carbonyl (C=O) groups excluding carboxylic acids is 3. The van der Waals surface area contributed by atoms with Crippen LogP contribution in [-0.4, -0.2) is 59.4 Å². The number of carboxylic acids is 1. The molecule has 0 saturated carbocycles. The van der Waals surface area contributed by atoms with Crippen molar-refractivity contribution in [1.82, 2.24) is 15.5 Å². The van der Waals surface area contributed by atoms with Crippen molar-refractivity contribution >= 4 is 23.7 Å². The molecular weight excluding hydrogens is 242 g/mol. The highest BCUT2D eigenvalue weighted by Gasteiger charge is 2.34. The fourth-order valence-electron chi connectivity index (χ4n) is 1.61. The summed E-state index contributed by atoms with van der Waals surface area (Å²) >= 11 is 0. The zero-order valence-corrected chi connectivity index (χ0v) is 9.93. The summed E-state index contributed by atoms with van der Waals surface area (Å²) in [6, 6.07) is -1.05. The number of amides is 3. The molecule has 1 heterocycles. The van der Waals surface area contributed by atoms with E-state index < -0.39 is 17.9 Å². The molecule has 1 saturated heterocycles. The van der Waals surface area contributed by atoms with Crippen molar-refractivity contribution < 1.29 is 24.3 Å². The molecule has 1 atom stereocenters. The third-order valence-electron chi connectivity index (χ3n) is 2.50. The van der Waals surface area contributed by atoms with E-state index in [1.807, 2.05) is 0 Å². The molecule has 0 aromatic rings. The van der Waals surface area contributed by atoms with E-state index in [1.165, 1.54) is 6.92 Å². The standard InChI is InChI=1S/C10H15N3O5/c1-6(14)11-3-2-9(16)13-5-8(15)12-4-7(13)10(17)18/h7H,2-5H2,1H3,(H,11,14)(H,12,15)(H,17,18). The number of rotatable bonds is 4. The Bertz CT molecular complexity index is 382. The lowest BCUT2D eigenvalue weighted by Crippen LogP contribution is -2.59. The van der Waals surface area contributed by atoms with Gasteiger partial charge in [0.15, 0.2) is 0 Å². The molecule has 1 unspecified atom stereocenters. The van der Waals surface area contributed by atoms with E-state index >= 15 is 0 Å². The maximum Gasteiger partial charge on any atom is 0.328 e. The van der Waals surface area contributed by atoms with E-state index in [4.69, 9.17) is 5.11 Å². The first kappa shape index (κ1) is 13.9. The summed E-state index contributed by atoms with van der Waals surface area (Å²) in [5.74, 6) is -2.29. The monoisotopic (exact) mass is 257 g/mol. The number of carboxylic acid groups (broad SMARTS) is 1. The Morgan fingerprint density at radius 3 is 2.72 bits per heavy atom. The summed E-state index contributed by atoms with van der Waals surface area (Å²) in [6.07, 6.45) is -0.0311. The first-order valence-corrected chi connectivity index (χ1v) is 5.45. The minimum atomic E-state index is -1.16. The second-order valence-electron chi connectivity index (χ2n) is 3.91. The van der Waals surface area contributed by atoms with Gasteiger partial charge in [-0.1, -0.05) is 0 Å². The molecule has 18 heavy (non-hydrogen) atoms. The molecule has 0 spiro atoms. The zero-order valence-electron chi connectivity index (χ0n) is 9.93. The summed E-state index contributed by atoms with van der Waals surface area (Å²) < 4.78 is 0. The third-order valence-corrected chi connectivity index (χ3v) is 2.50. The summed E-state index contributed by atoms with van der Waals surface area (Å²) in [6.45, 7) is 1.08. The van der Waals surface area contributed by atoms with Crippen LogP contribution in [0.2, 0.25) is 0 Å². The first-order chi connectivity index (χ1) is 8.41. The second kappa shape index (κ2) is 5.99. The lowest BCUT2D eigenvalue weighted by atomic mass is 10.1. The molecule has 0 aliphatic carbocycles. The Morgan fingerprint density at radius 1 is 1.50 bits per heavy atom. The van der Waals surface area contributed by atoms with E-state index in [1.54, 1.807) is 0 Å². The van der Waals surface area contributed by atoms with Gasteiger partial charge in [-0.05, 0) is 0 Å². The van der Waals surface area contributed by atoms with Crippen LogP contribution < -0.4 is 10.6 Å². The van der Waals surface area contributed by atoms with Gasteiger partial charge in [-0.15, -0.1) is 0 Å². The van der Waals surface area contributed by atoms with E-state index in [0.717, 1.165) is 4.90 Å². The van der Waals surface area contributed by atoms with Crippen LogP contribution in [-0.2, 0) is 19.2 Å². The fourth-order valence-corrected chi connectivity index (χ4v) is 1.61. The van der Waals surface area contributed by atoms with E-state index in [9.17, 15) is 19.2 Å². The van der Waals surface area contributed by atoms with E-state index in [0.29, 0.717) is 0 Å². The summed E-state index contributed by atoms with van der Waals surface area (Å²) in [7, 11) is 0. The number of hydrogen-bond donors (Lipinski definition) is 3. The lowest BCUT2D eigenvalue weighted by Gasteiger charge is -2.32. The van der Waals surface area contributed by atoms with Crippen molar-refractivity contribution in [1.29, 1.82) is 0 Å². The van der Waals surface area contributed by atoms with Crippen molar-refractivity contribution in [2.75, 3.05) is 19.6 Å². The number of nitrogens with one attached hydrogen (secondary N) is 2. The SMILES string of the molecule is CC(=O)NCCC(=O)N1CC(=O)NCC1C(=O)O. The number of hydrogen-bond acceptors (Lipinski definition) is 4. The predicted octanol–water partition coefficient (Wildman–Crippen LogP) is -2.08. The van der Waals surface area contributed by atoms with Crippen molar-refractivity contribution in [3.8, 4) is 0 Å². The Morgan fingerprint density at radius 2 is 2.17 bits per heavy atom. The molecule has 3 N–H and O–H groups in total. The van der Waals surface area contributed by atoms with Gasteiger partial charge < -0.3 is 20.6 Å². The summed E-state index contributed by atoms with van der Waals surface area (Å²) in [5.41, 5.74) is 0. The maximum atomic E-state index is 11.8. The van der Waals surface area contributed by atoms with Crippen LogP contribution in [0.4, 0.5) is 0 Å². The van der Waals surface area contributed by atoms with Crippen LogP contribution in [0.3, 0.4) is 0 Å². The Kier molecular flexibility index (Phi) is 4.64. The molecule has 8 heteroatoms. The first-order valence-electron chi connectivity index (χ1n) is 5.45. The average Bonchev–Trinajstić information content (AvgIpc) is 2.27. The van der Waals surface area contributed by atoms with E-state index in [2.05, 4.69) is 10.6 Å². The van der Waals surface area contributed by atoms with Crippen LogP contribution >= 0.6 is 0 Å². The molecule has 1 aliphatic rings. The van der Waals surface area contributed by atoms with Crippen molar-refractivity contribution in [3.63, 3.8) is 0 Å². The molecule has 0 aromatic carbocycles. The number of aliphatic carboxylic acids is 1. The van der Waals surface area contributed by atoms with Crippen LogP contribution in [0, 0.1) is 0 Å². The molecule has 0 radical (unpaired) electrons. The minimum absolute atomic E-state index is 0.0311. The molecule has 100 valence electrons. The highest BCUT2D eigenvalue weighted by molar-refractivity contribution is 5.91. The Labute approximate surface area is 103 Å². The van der Waals surface area contributed by atoms with Crippen LogP contribution in [0.15, 0.2) is 0 Å². The van der Waals surface area contributed by atoms with Crippen LogP contribution in [0.1, 0.15) is 13.3 Å². The van der Waals surface area contributed by atoms with Gasteiger partial charge in [0.25, 0.3) is 0 Å². The van der Waals surface area contributed by atoms with Gasteiger partial charge in [0, 0.05) is 26.4 Å². The van der Waals surface area contributed by atoms with Gasteiger partial charge in [-0.2, -0.15) is 0 Å². The van der Waals surface area contributed by atoms with Gasteiger partial charge in [-0.3, -0.25) is 14.4 Å². The van der Waals surface area contributed by atoms with Crippen molar-refractivity contribution in [2.24, 2.45) is 0 Å². The maximum absolute atomic E-state index is 11.8. The quantitative estimate of drug-likeness (QED) is 0.534. The van der Waals surface area contributed by atoms with Crippen LogP contribution in [0.25, 0.3) is 0 Å². The normalized spacial score (nSPS) is 19.1. The Balaban J connectivity index is 2.58. The molecule has 8 nitrogen and oxygen atoms in total. The number of carbonyl (C=O) groups is 4. The third kappa shape index (κ3) is 3.72. The Hall–Kier alpha value is -2.12. The molecular formula is C10H15N3O5. The number of nitrogens with zero attached hydrogens (tertiary/aromatic N) is 1. The van der Waals surface area contributed by atoms with Gasteiger partial charge in [0.2, 0.25) is 17.7 Å². The highest BCUT2D eigenvalue weighted by Crippen LogP contribution is 2.06. The molecule has 0 bridgehead atoms. The molecule has 3 amide bonds. The largest absolute Gasteiger partial charge is 0.480 e. The van der Waals surface area contributed by atoms with Gasteiger partial charge in [-0.25, -0.2) is 4.79 Å². The molecule has 1 rings (SSSR count). The van der Waals surface area contributed by atoms with Crippen molar-refractivity contribution in [3.05, 3.63) is 0 Å². The second-order valence-corrected chi connectivity index (χ2v) is 3.91. The van der Waals surface area contributed by atoms with Gasteiger partial charge >= 0.3 is 5.97 Å². The molecule has 1 aliphatic heterocycles. The molecule has 0 aromatic heterocycles. The van der Waals surface area contributed by atoms with Gasteiger partial charge in [0.1, 0.15) is 12.6 Å². The summed E-state index contributed by atoms with van der Waals surface area (Å²) in [4.78, 5) is 45.5. The zero-order chi connectivity index (χ0) is 13.7. The lowest BCUT2D eigenvalue weighted by molar-refractivity contribution is -0.154. The van der Waals surface area contributed by atoms with E-state index in [-0.39, 0.29) is 37.9 Å². The predicted molar refractivity (Wildman–Crippen MR) is 59.4 cm³/mol. The van der Waals surface area contributed by atoms with Crippen molar-refractivity contribution in [2.45, 2.75) is 19.4 Å². The van der Waals surface area contributed by atoms with Crippen LogP contribution in [0.5, 0.6) is 0 Å². The fraction of sp³-hybridized carbons (Fsp3) is 0.600. The highest BCUT2D eigenvalue weighted by atomic mass is 16.4. The smallest absolute Gasteiger partial charge is 0.328 e. The summed E-state index contributed by atoms with van der Waals surface area (Å²) in [5, 5.41) is 13.8. The topological polar surface area (TPSA) is 116 Å². The molecule has 1 fully saturated rings. The number of piperazine rings is 1.